The zero-order chi connectivity index (χ0) is 15.6. The van der Waals surface area contributed by atoms with Crippen LogP contribution in [0.5, 0.6) is 5.75 Å². The number of methoxy groups -OCH3 is 1. The zero-order valence-electron chi connectivity index (χ0n) is 12.6. The maximum absolute atomic E-state index is 5.68. The lowest BCUT2D eigenvalue weighted by atomic mass is 10.1. The van der Waals surface area contributed by atoms with Gasteiger partial charge in [-0.2, -0.15) is 0 Å². The van der Waals surface area contributed by atoms with Crippen LogP contribution in [0.3, 0.4) is 0 Å². The van der Waals surface area contributed by atoms with Gasteiger partial charge >= 0.3 is 0 Å². The number of fused-ring (bicyclic) bond motifs is 1. The molecule has 3 nitrogen and oxygen atoms in total. The van der Waals surface area contributed by atoms with Crippen molar-refractivity contribution in [3.63, 3.8) is 0 Å². The van der Waals surface area contributed by atoms with Crippen LogP contribution in [0.25, 0.3) is 32.7 Å². The van der Waals surface area contributed by atoms with Gasteiger partial charge in [0.2, 0.25) is 0 Å². The van der Waals surface area contributed by atoms with Crippen LogP contribution in [-0.4, -0.2) is 17.1 Å². The standard InChI is InChI=1S/C19H14N2OS/c1-22-18-14-7-3-2-6-13(14)9-10-15(18)19-21-17(12-23-19)16-8-4-5-11-20-16/h2-12H,1H3. The number of pyridine rings is 1. The molecule has 0 amide bonds. The van der Waals surface area contributed by atoms with E-state index in [1.165, 1.54) is 0 Å². The van der Waals surface area contributed by atoms with E-state index in [0.717, 1.165) is 38.5 Å². The highest BCUT2D eigenvalue weighted by molar-refractivity contribution is 7.13. The molecule has 2 aromatic carbocycles. The first kappa shape index (κ1) is 13.9. The molecule has 0 N–H and O–H groups in total. The fourth-order valence-electron chi connectivity index (χ4n) is 2.66. The van der Waals surface area contributed by atoms with Gasteiger partial charge in [0.1, 0.15) is 16.5 Å². The number of hydrogen-bond acceptors (Lipinski definition) is 4. The van der Waals surface area contributed by atoms with E-state index in [1.807, 2.05) is 35.7 Å². The van der Waals surface area contributed by atoms with Crippen LogP contribution in [-0.2, 0) is 0 Å². The second kappa shape index (κ2) is 5.82. The Balaban J connectivity index is 1.85. The number of nitrogens with zero attached hydrogens (tertiary/aromatic N) is 2. The number of aromatic nitrogens is 2. The van der Waals surface area contributed by atoms with Crippen LogP contribution >= 0.6 is 11.3 Å². The molecule has 23 heavy (non-hydrogen) atoms. The molecule has 0 aliphatic carbocycles. The van der Waals surface area contributed by atoms with Gasteiger partial charge in [0.15, 0.2) is 0 Å². The van der Waals surface area contributed by atoms with Gasteiger partial charge in [-0.05, 0) is 23.6 Å². The Morgan fingerprint density at radius 3 is 2.61 bits per heavy atom. The summed E-state index contributed by atoms with van der Waals surface area (Å²) in [6, 6.07) is 18.2. The molecule has 2 aromatic heterocycles. The van der Waals surface area contributed by atoms with Crippen molar-refractivity contribution >= 4 is 22.1 Å². The second-order valence-electron chi connectivity index (χ2n) is 5.12. The number of ether oxygens (including phenoxy) is 1. The highest BCUT2D eigenvalue weighted by atomic mass is 32.1. The minimum absolute atomic E-state index is 0.866. The summed E-state index contributed by atoms with van der Waals surface area (Å²) in [4.78, 5) is 9.10. The van der Waals surface area contributed by atoms with Gasteiger partial charge in [-0.1, -0.05) is 36.4 Å². The Morgan fingerprint density at radius 1 is 0.913 bits per heavy atom. The normalized spacial score (nSPS) is 10.8. The molecule has 112 valence electrons. The molecular formula is C19H14N2OS. The smallest absolute Gasteiger partial charge is 0.136 e. The van der Waals surface area contributed by atoms with Crippen LogP contribution in [0.4, 0.5) is 0 Å². The summed E-state index contributed by atoms with van der Waals surface area (Å²) in [5.41, 5.74) is 2.79. The number of thiazole rings is 1. The molecule has 0 saturated carbocycles. The Kier molecular flexibility index (Phi) is 3.52. The Labute approximate surface area is 138 Å². The van der Waals surface area contributed by atoms with Gasteiger partial charge in [-0.3, -0.25) is 4.98 Å². The fraction of sp³-hybridized carbons (Fsp3) is 0.0526. The summed E-state index contributed by atoms with van der Waals surface area (Å²) in [5, 5.41) is 5.23. The SMILES string of the molecule is COc1c(-c2nc(-c3ccccn3)cs2)ccc2ccccc12. The maximum Gasteiger partial charge on any atom is 0.136 e. The molecule has 4 aromatic rings. The van der Waals surface area contributed by atoms with Crippen LogP contribution < -0.4 is 4.74 Å². The summed E-state index contributed by atoms with van der Waals surface area (Å²) in [7, 11) is 1.71. The number of benzene rings is 2. The Bertz CT molecular complexity index is 963. The zero-order valence-corrected chi connectivity index (χ0v) is 13.4. The third-order valence-corrected chi connectivity index (χ3v) is 4.62. The Hall–Kier alpha value is -2.72. The molecule has 0 fully saturated rings. The van der Waals surface area contributed by atoms with E-state index < -0.39 is 0 Å². The van der Waals surface area contributed by atoms with Crippen LogP contribution in [0.1, 0.15) is 0 Å². The molecule has 0 atom stereocenters. The molecule has 0 spiro atoms. The molecule has 0 radical (unpaired) electrons. The van der Waals surface area contributed by atoms with Crippen molar-refractivity contribution in [1.29, 1.82) is 0 Å². The molecular weight excluding hydrogens is 304 g/mol. The summed E-state index contributed by atoms with van der Waals surface area (Å²) in [5.74, 6) is 0.866. The van der Waals surface area contributed by atoms with Crippen molar-refractivity contribution in [2.24, 2.45) is 0 Å². The third kappa shape index (κ3) is 2.47. The first-order valence-electron chi connectivity index (χ1n) is 7.30. The van der Waals surface area contributed by atoms with Crippen molar-refractivity contribution in [1.82, 2.24) is 9.97 Å². The van der Waals surface area contributed by atoms with Crippen molar-refractivity contribution in [2.45, 2.75) is 0 Å². The predicted octanol–water partition coefficient (Wildman–Crippen LogP) is 5.03. The summed E-state index contributed by atoms with van der Waals surface area (Å²) >= 11 is 1.60. The summed E-state index contributed by atoms with van der Waals surface area (Å²) < 4.78 is 5.68. The molecule has 2 heterocycles. The van der Waals surface area contributed by atoms with E-state index in [0.29, 0.717) is 0 Å². The maximum atomic E-state index is 5.68. The van der Waals surface area contributed by atoms with Gasteiger partial charge in [0.05, 0.1) is 18.4 Å². The quantitative estimate of drug-likeness (QED) is 0.531. The highest BCUT2D eigenvalue weighted by Gasteiger charge is 2.14. The van der Waals surface area contributed by atoms with Gasteiger partial charge < -0.3 is 4.74 Å². The van der Waals surface area contributed by atoms with E-state index in [2.05, 4.69) is 29.2 Å². The first-order valence-corrected chi connectivity index (χ1v) is 8.18. The topological polar surface area (TPSA) is 35.0 Å². The first-order chi connectivity index (χ1) is 11.4. The van der Waals surface area contributed by atoms with Gasteiger partial charge in [0.25, 0.3) is 0 Å². The monoisotopic (exact) mass is 318 g/mol. The minimum atomic E-state index is 0.866. The Morgan fingerprint density at radius 2 is 1.78 bits per heavy atom. The van der Waals surface area contributed by atoms with Crippen LogP contribution in [0.15, 0.2) is 66.2 Å². The van der Waals surface area contributed by atoms with Gasteiger partial charge in [0, 0.05) is 17.0 Å². The molecule has 0 aliphatic rings. The largest absolute Gasteiger partial charge is 0.495 e. The predicted molar refractivity (Wildman–Crippen MR) is 94.8 cm³/mol. The minimum Gasteiger partial charge on any atom is -0.495 e. The molecule has 0 bridgehead atoms. The molecule has 0 aliphatic heterocycles. The molecule has 4 heteroatoms. The van der Waals surface area contributed by atoms with Gasteiger partial charge in [-0.25, -0.2) is 4.98 Å². The van der Waals surface area contributed by atoms with Crippen LogP contribution in [0, 0.1) is 0 Å². The lowest BCUT2D eigenvalue weighted by Gasteiger charge is -2.09. The lowest BCUT2D eigenvalue weighted by molar-refractivity contribution is 0.421. The molecule has 4 rings (SSSR count). The molecule has 0 unspecified atom stereocenters. The van der Waals surface area contributed by atoms with E-state index in [1.54, 1.807) is 24.6 Å². The summed E-state index contributed by atoms with van der Waals surface area (Å²) in [6.45, 7) is 0. The highest BCUT2D eigenvalue weighted by Crippen LogP contribution is 2.38. The van der Waals surface area contributed by atoms with E-state index in [9.17, 15) is 0 Å². The van der Waals surface area contributed by atoms with Crippen molar-refractivity contribution < 1.29 is 4.74 Å². The van der Waals surface area contributed by atoms with E-state index in [4.69, 9.17) is 9.72 Å². The van der Waals surface area contributed by atoms with E-state index >= 15 is 0 Å². The number of hydrogen-bond donors (Lipinski definition) is 0. The van der Waals surface area contributed by atoms with Crippen LogP contribution in [0.2, 0.25) is 0 Å². The fourth-order valence-corrected chi connectivity index (χ4v) is 3.50. The van der Waals surface area contributed by atoms with E-state index in [-0.39, 0.29) is 0 Å². The lowest BCUT2D eigenvalue weighted by Crippen LogP contribution is -1.90. The second-order valence-corrected chi connectivity index (χ2v) is 5.98. The van der Waals surface area contributed by atoms with Crippen molar-refractivity contribution in [3.05, 3.63) is 66.2 Å². The third-order valence-electron chi connectivity index (χ3n) is 3.75. The number of rotatable bonds is 3. The summed E-state index contributed by atoms with van der Waals surface area (Å²) in [6.07, 6.45) is 1.78. The van der Waals surface area contributed by atoms with Gasteiger partial charge in [-0.15, -0.1) is 11.3 Å². The van der Waals surface area contributed by atoms with Crippen molar-refractivity contribution in [2.75, 3.05) is 7.11 Å². The average molecular weight is 318 g/mol. The molecule has 0 saturated heterocycles. The van der Waals surface area contributed by atoms with Crippen molar-refractivity contribution in [3.8, 4) is 27.7 Å². The average Bonchev–Trinajstić information content (AvgIpc) is 3.11.